The highest BCUT2D eigenvalue weighted by molar-refractivity contribution is 7.78. The van der Waals surface area contributed by atoms with Crippen molar-refractivity contribution in [2.45, 2.75) is 6.54 Å². The fourth-order valence-electron chi connectivity index (χ4n) is 1.52. The molecular weight excluding hydrogens is 221 g/mol. The van der Waals surface area contributed by atoms with Crippen molar-refractivity contribution < 1.29 is 12.8 Å². The van der Waals surface area contributed by atoms with E-state index in [2.05, 4.69) is 9.88 Å². The predicted molar refractivity (Wildman–Crippen MR) is 53.0 cm³/mol. The second kappa shape index (κ2) is 4.82. The van der Waals surface area contributed by atoms with Crippen LogP contribution in [0.5, 0.6) is 0 Å². The highest BCUT2D eigenvalue weighted by atomic mass is 32.2. The van der Waals surface area contributed by atoms with Gasteiger partial charge in [0.15, 0.2) is 0 Å². The van der Waals surface area contributed by atoms with Gasteiger partial charge in [0.25, 0.3) is 0 Å². The van der Waals surface area contributed by atoms with E-state index in [0.717, 1.165) is 17.1 Å². The number of halogens is 1. The topological polar surface area (TPSA) is 47.4 Å². The maximum Gasteiger partial charge on any atom is 0.309 e. The van der Waals surface area contributed by atoms with Gasteiger partial charge in [-0.2, -0.15) is 4.21 Å². The van der Waals surface area contributed by atoms with E-state index in [9.17, 15) is 8.09 Å². The molecule has 1 aromatic rings. The third kappa shape index (κ3) is 2.61. The van der Waals surface area contributed by atoms with Crippen molar-refractivity contribution in [2.24, 2.45) is 0 Å². The van der Waals surface area contributed by atoms with Crippen molar-refractivity contribution in [2.75, 3.05) is 26.3 Å². The summed E-state index contributed by atoms with van der Waals surface area (Å²) in [6, 6.07) is 0. The van der Waals surface area contributed by atoms with Crippen LogP contribution >= 0.6 is 0 Å². The predicted octanol–water partition coefficient (Wildman–Crippen LogP) is 0.112. The van der Waals surface area contributed by atoms with Crippen molar-refractivity contribution in [3.63, 3.8) is 0 Å². The second-order valence-electron chi connectivity index (χ2n) is 3.26. The molecule has 5 nitrogen and oxygen atoms in total. The molecule has 1 atom stereocenters. The normalized spacial score (nSPS) is 20.3. The Morgan fingerprint density at radius 1 is 1.53 bits per heavy atom. The molecular formula is C8H12FN3O2S. The molecule has 0 radical (unpaired) electrons. The lowest BCUT2D eigenvalue weighted by Crippen LogP contribution is -2.36. The Labute approximate surface area is 89.7 Å². The molecule has 1 unspecified atom stereocenters. The first kappa shape index (κ1) is 10.7. The quantitative estimate of drug-likeness (QED) is 0.695. The summed E-state index contributed by atoms with van der Waals surface area (Å²) in [7, 11) is 0. The number of rotatable bonds is 3. The standard InChI is InChI=1S/C8H12FN3O2S/c9-15(13)12-2-1-10-8(12)7-11-3-5-14-6-4-11/h1-2H,3-7H2. The van der Waals surface area contributed by atoms with Gasteiger partial charge in [-0.05, 0) is 0 Å². The summed E-state index contributed by atoms with van der Waals surface area (Å²) in [5.41, 5.74) is 0. The lowest BCUT2D eigenvalue weighted by atomic mass is 10.4. The van der Waals surface area contributed by atoms with Crippen LogP contribution in [0.1, 0.15) is 5.82 Å². The summed E-state index contributed by atoms with van der Waals surface area (Å²) in [5, 5.41) is 0. The molecule has 0 spiro atoms. The molecule has 0 saturated carbocycles. The number of imidazole rings is 1. The molecule has 0 N–H and O–H groups in total. The summed E-state index contributed by atoms with van der Waals surface area (Å²) in [4.78, 5) is 6.07. The van der Waals surface area contributed by atoms with E-state index in [1.165, 1.54) is 12.4 Å². The van der Waals surface area contributed by atoms with Crippen LogP contribution in [-0.2, 0) is 22.7 Å². The Balaban J connectivity index is 2.03. The Morgan fingerprint density at radius 3 is 2.93 bits per heavy atom. The van der Waals surface area contributed by atoms with Gasteiger partial charge in [0, 0.05) is 25.5 Å². The third-order valence-electron chi connectivity index (χ3n) is 2.30. The zero-order valence-corrected chi connectivity index (χ0v) is 8.95. The van der Waals surface area contributed by atoms with Gasteiger partial charge in [0.2, 0.25) is 0 Å². The van der Waals surface area contributed by atoms with Crippen molar-refractivity contribution in [1.29, 1.82) is 0 Å². The van der Waals surface area contributed by atoms with Crippen LogP contribution in [0.25, 0.3) is 0 Å². The summed E-state index contributed by atoms with van der Waals surface area (Å²) >= 11 is -2.52. The Bertz CT molecular complexity index is 351. The largest absolute Gasteiger partial charge is 0.379 e. The lowest BCUT2D eigenvalue weighted by molar-refractivity contribution is 0.0330. The highest BCUT2D eigenvalue weighted by Gasteiger charge is 2.15. The van der Waals surface area contributed by atoms with Crippen LogP contribution < -0.4 is 0 Å². The minimum atomic E-state index is -2.52. The Hall–Kier alpha value is -0.790. The van der Waals surface area contributed by atoms with E-state index in [4.69, 9.17) is 4.74 Å². The van der Waals surface area contributed by atoms with Crippen molar-refractivity contribution in [3.05, 3.63) is 18.2 Å². The molecule has 0 bridgehead atoms. The minimum absolute atomic E-state index is 0.484. The SMILES string of the molecule is O=S(F)n1ccnc1CN1CCOCC1. The van der Waals surface area contributed by atoms with Crippen LogP contribution in [0.3, 0.4) is 0 Å². The summed E-state index contributed by atoms with van der Waals surface area (Å²) < 4.78 is 29.6. The van der Waals surface area contributed by atoms with Crippen LogP contribution in [0, 0.1) is 0 Å². The molecule has 0 aliphatic carbocycles. The summed E-state index contributed by atoms with van der Waals surface area (Å²) in [6.07, 6.45) is 2.83. The molecule has 15 heavy (non-hydrogen) atoms. The average Bonchev–Trinajstić information content (AvgIpc) is 2.67. The summed E-state index contributed by atoms with van der Waals surface area (Å²) in [5.74, 6) is 0.484. The van der Waals surface area contributed by atoms with Gasteiger partial charge in [-0.1, -0.05) is 0 Å². The van der Waals surface area contributed by atoms with Crippen LogP contribution in [0.4, 0.5) is 3.89 Å². The molecule has 1 aromatic heterocycles. The van der Waals surface area contributed by atoms with E-state index in [0.29, 0.717) is 25.6 Å². The zero-order valence-electron chi connectivity index (χ0n) is 8.13. The maximum atomic E-state index is 12.6. The highest BCUT2D eigenvalue weighted by Crippen LogP contribution is 2.07. The maximum absolute atomic E-state index is 12.6. The number of morpholine rings is 1. The van der Waals surface area contributed by atoms with Crippen LogP contribution in [0.15, 0.2) is 12.4 Å². The number of hydrogen-bond acceptors (Lipinski definition) is 4. The van der Waals surface area contributed by atoms with Gasteiger partial charge in [-0.25, -0.2) is 8.96 Å². The number of nitrogens with zero attached hydrogens (tertiary/aromatic N) is 3. The molecule has 2 rings (SSSR count). The van der Waals surface area contributed by atoms with Gasteiger partial charge in [0.1, 0.15) is 5.82 Å². The minimum Gasteiger partial charge on any atom is -0.379 e. The lowest BCUT2D eigenvalue weighted by Gasteiger charge is -2.25. The number of ether oxygens (including phenoxy) is 1. The van der Waals surface area contributed by atoms with E-state index in [-0.39, 0.29) is 0 Å². The summed E-state index contributed by atoms with van der Waals surface area (Å²) in [6.45, 7) is 3.46. The molecule has 1 aliphatic heterocycles. The third-order valence-corrected chi connectivity index (χ3v) is 2.95. The van der Waals surface area contributed by atoms with Crippen molar-refractivity contribution in [1.82, 2.24) is 13.9 Å². The van der Waals surface area contributed by atoms with Gasteiger partial charge in [0.05, 0.1) is 19.8 Å². The Kier molecular flexibility index (Phi) is 3.45. The van der Waals surface area contributed by atoms with Crippen LogP contribution in [-0.4, -0.2) is 44.4 Å². The molecule has 1 aliphatic rings. The molecule has 0 amide bonds. The van der Waals surface area contributed by atoms with Gasteiger partial charge in [-0.15, -0.1) is 3.89 Å². The van der Waals surface area contributed by atoms with Gasteiger partial charge >= 0.3 is 11.4 Å². The monoisotopic (exact) mass is 233 g/mol. The van der Waals surface area contributed by atoms with Crippen molar-refractivity contribution in [3.8, 4) is 0 Å². The number of hydrogen-bond donors (Lipinski definition) is 0. The molecule has 7 heteroatoms. The fourth-order valence-corrected chi connectivity index (χ4v) is 1.94. The Morgan fingerprint density at radius 2 is 2.27 bits per heavy atom. The second-order valence-corrected chi connectivity index (χ2v) is 4.07. The molecule has 1 fully saturated rings. The number of aromatic nitrogens is 2. The first-order valence-electron chi connectivity index (χ1n) is 4.68. The average molecular weight is 233 g/mol. The molecule has 2 heterocycles. The molecule has 0 aromatic carbocycles. The van der Waals surface area contributed by atoms with E-state index >= 15 is 0 Å². The molecule has 84 valence electrons. The van der Waals surface area contributed by atoms with Gasteiger partial charge < -0.3 is 4.74 Å². The zero-order chi connectivity index (χ0) is 10.7. The van der Waals surface area contributed by atoms with Crippen molar-refractivity contribution >= 4 is 11.4 Å². The van der Waals surface area contributed by atoms with Crippen LogP contribution in [0.2, 0.25) is 0 Å². The van der Waals surface area contributed by atoms with E-state index in [1.54, 1.807) is 0 Å². The van der Waals surface area contributed by atoms with E-state index in [1.807, 2.05) is 0 Å². The first-order valence-corrected chi connectivity index (χ1v) is 5.69. The fraction of sp³-hybridized carbons (Fsp3) is 0.625. The smallest absolute Gasteiger partial charge is 0.309 e. The first-order chi connectivity index (χ1) is 7.27. The van der Waals surface area contributed by atoms with E-state index < -0.39 is 11.4 Å². The van der Waals surface area contributed by atoms with Gasteiger partial charge in [-0.3, -0.25) is 4.90 Å². The molecule has 1 saturated heterocycles.